The van der Waals surface area contributed by atoms with Gasteiger partial charge >= 0.3 is 0 Å². The first-order valence-electron chi connectivity index (χ1n) is 5.72. The van der Waals surface area contributed by atoms with Gasteiger partial charge in [0.15, 0.2) is 0 Å². The lowest BCUT2D eigenvalue weighted by Gasteiger charge is -2.23. The Morgan fingerprint density at radius 2 is 2.40 bits per heavy atom. The van der Waals surface area contributed by atoms with Gasteiger partial charge in [0.1, 0.15) is 0 Å². The van der Waals surface area contributed by atoms with Gasteiger partial charge in [-0.1, -0.05) is 12.5 Å². The fourth-order valence-electron chi connectivity index (χ4n) is 1.97. The molecule has 0 spiro atoms. The lowest BCUT2D eigenvalue weighted by atomic mass is 9.99. The molecule has 1 saturated heterocycles. The molecule has 15 heavy (non-hydrogen) atoms. The fraction of sp³-hybridized carbons (Fsp3) is 0.583. The molecule has 2 rings (SSSR count). The quantitative estimate of drug-likeness (QED) is 0.824. The Labute approximate surface area is 90.9 Å². The predicted octanol–water partition coefficient (Wildman–Crippen LogP) is 2.29. The van der Waals surface area contributed by atoms with Crippen LogP contribution in [-0.2, 0) is 0 Å². The molecule has 82 valence electrons. The van der Waals surface area contributed by atoms with Crippen LogP contribution in [0.25, 0.3) is 0 Å². The molecule has 1 fully saturated rings. The summed E-state index contributed by atoms with van der Waals surface area (Å²) in [4.78, 5) is 4.28. The average molecular weight is 206 g/mol. The standard InChI is InChI=1S/C12H18N2O/c1-2-15-12-7-6-10(9-14-12)11-5-3-4-8-13-11/h6-7,9,11,13H,2-5,8H2,1H3/t11-/m0/s1. The molecule has 3 nitrogen and oxygen atoms in total. The van der Waals surface area contributed by atoms with E-state index in [1.807, 2.05) is 19.2 Å². The van der Waals surface area contributed by atoms with Crippen molar-refractivity contribution < 1.29 is 4.74 Å². The predicted molar refractivity (Wildman–Crippen MR) is 60.0 cm³/mol. The molecule has 0 amide bonds. The van der Waals surface area contributed by atoms with Crippen molar-refractivity contribution in [3.8, 4) is 5.88 Å². The van der Waals surface area contributed by atoms with Crippen LogP contribution in [0.4, 0.5) is 0 Å². The third kappa shape index (κ3) is 2.69. The second kappa shape index (κ2) is 5.12. The van der Waals surface area contributed by atoms with Crippen LogP contribution in [0.3, 0.4) is 0 Å². The first kappa shape index (κ1) is 10.4. The molecule has 0 radical (unpaired) electrons. The van der Waals surface area contributed by atoms with Crippen molar-refractivity contribution in [2.75, 3.05) is 13.2 Å². The summed E-state index contributed by atoms with van der Waals surface area (Å²) in [7, 11) is 0. The fourth-order valence-corrected chi connectivity index (χ4v) is 1.97. The first-order valence-corrected chi connectivity index (χ1v) is 5.72. The first-order chi connectivity index (χ1) is 7.40. The number of hydrogen-bond donors (Lipinski definition) is 1. The van der Waals surface area contributed by atoms with Gasteiger partial charge in [-0.15, -0.1) is 0 Å². The van der Waals surface area contributed by atoms with Crippen molar-refractivity contribution in [1.82, 2.24) is 10.3 Å². The highest BCUT2D eigenvalue weighted by Gasteiger charge is 2.14. The SMILES string of the molecule is CCOc1ccc([C@@H]2CCCCN2)cn1. The Kier molecular flexibility index (Phi) is 3.56. The third-order valence-electron chi connectivity index (χ3n) is 2.76. The molecular weight excluding hydrogens is 188 g/mol. The van der Waals surface area contributed by atoms with Crippen LogP contribution in [-0.4, -0.2) is 18.1 Å². The van der Waals surface area contributed by atoms with E-state index in [0.717, 1.165) is 12.4 Å². The highest BCUT2D eigenvalue weighted by molar-refractivity contribution is 5.21. The van der Waals surface area contributed by atoms with Crippen LogP contribution in [0.2, 0.25) is 0 Å². The average Bonchev–Trinajstić information content (AvgIpc) is 2.32. The molecule has 1 aliphatic rings. The second-order valence-corrected chi connectivity index (χ2v) is 3.87. The number of pyridine rings is 1. The van der Waals surface area contributed by atoms with E-state index in [1.54, 1.807) is 0 Å². The molecule has 0 aliphatic carbocycles. The summed E-state index contributed by atoms with van der Waals surface area (Å²) in [5.41, 5.74) is 1.28. The van der Waals surface area contributed by atoms with Crippen LogP contribution in [0.15, 0.2) is 18.3 Å². The van der Waals surface area contributed by atoms with Crippen LogP contribution in [0.1, 0.15) is 37.8 Å². The lowest BCUT2D eigenvalue weighted by Crippen LogP contribution is -2.26. The van der Waals surface area contributed by atoms with E-state index in [4.69, 9.17) is 4.74 Å². The van der Waals surface area contributed by atoms with Crippen molar-refractivity contribution in [2.45, 2.75) is 32.2 Å². The minimum atomic E-state index is 0.488. The van der Waals surface area contributed by atoms with E-state index in [2.05, 4.69) is 16.4 Å². The van der Waals surface area contributed by atoms with Crippen molar-refractivity contribution in [3.63, 3.8) is 0 Å². The van der Waals surface area contributed by atoms with Gasteiger partial charge < -0.3 is 10.1 Å². The summed E-state index contributed by atoms with van der Waals surface area (Å²) in [6, 6.07) is 4.55. The normalized spacial score (nSPS) is 21.3. The Morgan fingerprint density at radius 3 is 3.00 bits per heavy atom. The molecular formula is C12H18N2O. The molecule has 1 aromatic rings. The van der Waals surface area contributed by atoms with Crippen molar-refractivity contribution in [2.24, 2.45) is 0 Å². The maximum absolute atomic E-state index is 5.32. The van der Waals surface area contributed by atoms with Crippen molar-refractivity contribution >= 4 is 0 Å². The lowest BCUT2D eigenvalue weighted by molar-refractivity contribution is 0.326. The molecule has 1 atom stereocenters. The van der Waals surface area contributed by atoms with Crippen LogP contribution < -0.4 is 10.1 Å². The van der Waals surface area contributed by atoms with E-state index < -0.39 is 0 Å². The summed E-state index contributed by atoms with van der Waals surface area (Å²) in [6.45, 7) is 3.77. The highest BCUT2D eigenvalue weighted by atomic mass is 16.5. The molecule has 1 N–H and O–H groups in total. The van der Waals surface area contributed by atoms with Gasteiger partial charge in [0.05, 0.1) is 6.61 Å². The van der Waals surface area contributed by atoms with Gasteiger partial charge in [-0.05, 0) is 31.9 Å². The van der Waals surface area contributed by atoms with E-state index in [0.29, 0.717) is 12.6 Å². The summed E-state index contributed by atoms with van der Waals surface area (Å²) in [5.74, 6) is 0.719. The van der Waals surface area contributed by atoms with Crippen LogP contribution in [0.5, 0.6) is 5.88 Å². The molecule has 2 heterocycles. The molecule has 1 aromatic heterocycles. The monoisotopic (exact) mass is 206 g/mol. The Morgan fingerprint density at radius 1 is 1.47 bits per heavy atom. The van der Waals surface area contributed by atoms with Gasteiger partial charge in [-0.3, -0.25) is 0 Å². The number of hydrogen-bond acceptors (Lipinski definition) is 3. The van der Waals surface area contributed by atoms with Crippen molar-refractivity contribution in [1.29, 1.82) is 0 Å². The van der Waals surface area contributed by atoms with Crippen LogP contribution in [0, 0.1) is 0 Å². The van der Waals surface area contributed by atoms with Gasteiger partial charge in [-0.2, -0.15) is 0 Å². The number of ether oxygens (including phenoxy) is 1. The number of piperidine rings is 1. The number of aromatic nitrogens is 1. The number of rotatable bonds is 3. The summed E-state index contributed by atoms with van der Waals surface area (Å²) < 4.78 is 5.32. The Bertz CT molecular complexity index is 291. The molecule has 3 heteroatoms. The largest absolute Gasteiger partial charge is 0.478 e. The zero-order valence-electron chi connectivity index (χ0n) is 9.20. The Hall–Kier alpha value is -1.09. The van der Waals surface area contributed by atoms with E-state index >= 15 is 0 Å². The Balaban J connectivity index is 2.02. The topological polar surface area (TPSA) is 34.1 Å². The molecule has 0 saturated carbocycles. The van der Waals surface area contributed by atoms with Crippen molar-refractivity contribution in [3.05, 3.63) is 23.9 Å². The zero-order valence-corrected chi connectivity index (χ0v) is 9.20. The maximum atomic E-state index is 5.32. The minimum absolute atomic E-state index is 0.488. The maximum Gasteiger partial charge on any atom is 0.213 e. The van der Waals surface area contributed by atoms with Crippen LogP contribution >= 0.6 is 0 Å². The van der Waals surface area contributed by atoms with Gasteiger partial charge in [0.25, 0.3) is 0 Å². The molecule has 0 bridgehead atoms. The summed E-state index contributed by atoms with van der Waals surface area (Å²) in [6.07, 6.45) is 5.75. The smallest absolute Gasteiger partial charge is 0.213 e. The highest BCUT2D eigenvalue weighted by Crippen LogP contribution is 2.23. The molecule has 0 unspecified atom stereocenters. The summed E-state index contributed by atoms with van der Waals surface area (Å²) in [5, 5.41) is 3.51. The zero-order chi connectivity index (χ0) is 10.5. The van der Waals surface area contributed by atoms with E-state index in [9.17, 15) is 0 Å². The van der Waals surface area contributed by atoms with Gasteiger partial charge in [-0.25, -0.2) is 4.98 Å². The van der Waals surface area contributed by atoms with Gasteiger partial charge in [0.2, 0.25) is 5.88 Å². The number of nitrogens with zero attached hydrogens (tertiary/aromatic N) is 1. The van der Waals surface area contributed by atoms with E-state index in [1.165, 1.54) is 24.8 Å². The second-order valence-electron chi connectivity index (χ2n) is 3.87. The molecule has 0 aromatic carbocycles. The number of nitrogens with one attached hydrogen (secondary N) is 1. The third-order valence-corrected chi connectivity index (χ3v) is 2.76. The van der Waals surface area contributed by atoms with E-state index in [-0.39, 0.29) is 0 Å². The van der Waals surface area contributed by atoms with Gasteiger partial charge in [0, 0.05) is 18.3 Å². The minimum Gasteiger partial charge on any atom is -0.478 e. The summed E-state index contributed by atoms with van der Waals surface area (Å²) >= 11 is 0. The molecule has 1 aliphatic heterocycles.